The molecule has 1 aromatic carbocycles. The zero-order valence-electron chi connectivity index (χ0n) is 17.8. The lowest BCUT2D eigenvalue weighted by Gasteiger charge is -2.36. The molecule has 0 unspecified atom stereocenters. The van der Waals surface area contributed by atoms with Gasteiger partial charge in [0.05, 0.1) is 6.54 Å². The highest BCUT2D eigenvalue weighted by atomic mass is 16.2. The monoisotopic (exact) mass is 428 g/mol. The van der Waals surface area contributed by atoms with Crippen LogP contribution in [0.4, 0.5) is 11.5 Å². The van der Waals surface area contributed by atoms with Crippen LogP contribution in [0.1, 0.15) is 5.69 Å². The highest BCUT2D eigenvalue weighted by Crippen LogP contribution is 2.18. The average Bonchev–Trinajstić information content (AvgIpc) is 3.28. The second-order valence-electron chi connectivity index (χ2n) is 7.73. The van der Waals surface area contributed by atoms with Crippen molar-refractivity contribution in [2.24, 2.45) is 0 Å². The number of piperazine rings is 1. The van der Waals surface area contributed by atoms with E-state index in [2.05, 4.69) is 42.4 Å². The Morgan fingerprint density at radius 1 is 1.03 bits per heavy atom. The average molecular weight is 429 g/mol. The minimum atomic E-state index is 0.0629. The summed E-state index contributed by atoms with van der Waals surface area (Å²) in [6, 6.07) is 15.9. The van der Waals surface area contributed by atoms with E-state index in [1.54, 1.807) is 16.9 Å². The lowest BCUT2D eigenvalue weighted by molar-refractivity contribution is -0.129. The van der Waals surface area contributed by atoms with Gasteiger partial charge in [0.25, 0.3) is 5.78 Å². The van der Waals surface area contributed by atoms with Crippen LogP contribution in [0.15, 0.2) is 60.9 Å². The van der Waals surface area contributed by atoms with Gasteiger partial charge in [-0.1, -0.05) is 18.2 Å². The molecule has 5 rings (SSSR count). The van der Waals surface area contributed by atoms with E-state index in [9.17, 15) is 4.79 Å². The van der Waals surface area contributed by atoms with Crippen LogP contribution in [0.2, 0.25) is 0 Å². The Balaban J connectivity index is 1.26. The molecule has 4 aromatic rings. The number of anilines is 2. The molecule has 1 fully saturated rings. The van der Waals surface area contributed by atoms with Crippen LogP contribution in [0.3, 0.4) is 0 Å². The summed E-state index contributed by atoms with van der Waals surface area (Å²) in [6.45, 7) is 5.14. The van der Waals surface area contributed by atoms with E-state index in [1.807, 2.05) is 48.2 Å². The van der Waals surface area contributed by atoms with Gasteiger partial charge in [0, 0.05) is 61.6 Å². The van der Waals surface area contributed by atoms with E-state index in [0.29, 0.717) is 30.5 Å². The van der Waals surface area contributed by atoms with Gasteiger partial charge in [-0.25, -0.2) is 4.98 Å². The molecule has 162 valence electrons. The first-order valence-corrected chi connectivity index (χ1v) is 10.6. The largest absolute Gasteiger partial charge is 0.368 e. The Hall–Kier alpha value is -4.01. The predicted molar refractivity (Wildman–Crippen MR) is 122 cm³/mol. The van der Waals surface area contributed by atoms with Crippen molar-refractivity contribution in [3.8, 4) is 11.4 Å². The van der Waals surface area contributed by atoms with Crippen LogP contribution < -0.4 is 10.2 Å². The zero-order chi connectivity index (χ0) is 21.9. The fourth-order valence-corrected chi connectivity index (χ4v) is 3.86. The first-order chi connectivity index (χ1) is 15.7. The maximum absolute atomic E-state index is 12.8. The summed E-state index contributed by atoms with van der Waals surface area (Å²) in [7, 11) is 0. The molecule has 9 nitrogen and oxygen atoms in total. The molecule has 0 aliphatic carbocycles. The van der Waals surface area contributed by atoms with Crippen molar-refractivity contribution in [2.45, 2.75) is 6.92 Å². The van der Waals surface area contributed by atoms with E-state index in [0.717, 1.165) is 24.3 Å². The highest BCUT2D eigenvalue weighted by molar-refractivity contribution is 5.81. The van der Waals surface area contributed by atoms with Crippen LogP contribution in [-0.2, 0) is 4.79 Å². The lowest BCUT2D eigenvalue weighted by atomic mass is 10.2. The highest BCUT2D eigenvalue weighted by Gasteiger charge is 2.21. The summed E-state index contributed by atoms with van der Waals surface area (Å²) in [4.78, 5) is 30.2. The number of pyridine rings is 1. The van der Waals surface area contributed by atoms with E-state index in [1.165, 1.54) is 5.69 Å². The smallest absolute Gasteiger partial charge is 0.254 e. The van der Waals surface area contributed by atoms with Crippen molar-refractivity contribution in [3.63, 3.8) is 0 Å². The normalized spacial score (nSPS) is 14.0. The lowest BCUT2D eigenvalue weighted by Crippen LogP contribution is -2.50. The van der Waals surface area contributed by atoms with Gasteiger partial charge in [0.1, 0.15) is 5.82 Å². The number of para-hydroxylation sites is 1. The maximum atomic E-state index is 12.8. The zero-order valence-corrected chi connectivity index (χ0v) is 17.8. The SMILES string of the molecule is Cc1cc(NCC(=O)N2CCN(c3ccccc3)CC2)n2nc(-c3cccnc3)nc2n1. The van der Waals surface area contributed by atoms with Gasteiger partial charge in [0.2, 0.25) is 5.91 Å². The van der Waals surface area contributed by atoms with E-state index in [4.69, 9.17) is 0 Å². The Kier molecular flexibility index (Phi) is 5.37. The van der Waals surface area contributed by atoms with Gasteiger partial charge < -0.3 is 15.1 Å². The number of hydrogen-bond donors (Lipinski definition) is 1. The van der Waals surface area contributed by atoms with Gasteiger partial charge in [-0.2, -0.15) is 9.50 Å². The van der Waals surface area contributed by atoms with Crippen molar-refractivity contribution in [3.05, 3.63) is 66.6 Å². The number of fused-ring (bicyclic) bond motifs is 1. The van der Waals surface area contributed by atoms with Crippen molar-refractivity contribution < 1.29 is 4.79 Å². The second kappa shape index (κ2) is 8.62. The summed E-state index contributed by atoms with van der Waals surface area (Å²) < 4.78 is 1.63. The Bertz CT molecular complexity index is 1220. The van der Waals surface area contributed by atoms with Crippen LogP contribution in [0.25, 0.3) is 17.2 Å². The Labute approximate surface area is 185 Å². The first kappa shape index (κ1) is 19.9. The van der Waals surface area contributed by atoms with E-state index in [-0.39, 0.29) is 12.5 Å². The van der Waals surface area contributed by atoms with E-state index < -0.39 is 0 Å². The van der Waals surface area contributed by atoms with Gasteiger partial charge >= 0.3 is 0 Å². The molecule has 0 atom stereocenters. The van der Waals surface area contributed by atoms with Crippen molar-refractivity contribution >= 4 is 23.2 Å². The molecule has 9 heteroatoms. The molecule has 4 heterocycles. The van der Waals surface area contributed by atoms with Gasteiger partial charge in [-0.05, 0) is 31.2 Å². The molecule has 0 spiro atoms. The topological polar surface area (TPSA) is 91.6 Å². The number of rotatable bonds is 5. The third kappa shape index (κ3) is 4.09. The fraction of sp³-hybridized carbons (Fsp3) is 0.261. The number of nitrogens with one attached hydrogen (secondary N) is 1. The summed E-state index contributed by atoms with van der Waals surface area (Å²) in [5.74, 6) is 1.78. The van der Waals surface area contributed by atoms with Crippen LogP contribution >= 0.6 is 0 Å². The third-order valence-corrected chi connectivity index (χ3v) is 5.53. The van der Waals surface area contributed by atoms with Crippen LogP contribution in [-0.4, -0.2) is 68.1 Å². The molecule has 1 N–H and O–H groups in total. The molecule has 1 saturated heterocycles. The third-order valence-electron chi connectivity index (χ3n) is 5.53. The molecular weight excluding hydrogens is 404 g/mol. The minimum absolute atomic E-state index is 0.0629. The number of benzene rings is 1. The van der Waals surface area contributed by atoms with Crippen molar-refractivity contribution in [1.29, 1.82) is 0 Å². The standard InChI is InChI=1S/C23H24N8O/c1-17-14-20(31-23(26-17)27-22(28-31)18-6-5-9-24-15-18)25-16-21(32)30-12-10-29(11-13-30)19-7-3-2-4-8-19/h2-9,14-15,25H,10-13,16H2,1H3. The van der Waals surface area contributed by atoms with Crippen molar-refractivity contribution in [1.82, 2.24) is 29.5 Å². The molecule has 1 aliphatic heterocycles. The number of aromatic nitrogens is 5. The van der Waals surface area contributed by atoms with Gasteiger partial charge in [-0.3, -0.25) is 9.78 Å². The molecule has 0 saturated carbocycles. The summed E-state index contributed by atoms with van der Waals surface area (Å²) in [5.41, 5.74) is 2.81. The van der Waals surface area contributed by atoms with Gasteiger partial charge in [-0.15, -0.1) is 5.10 Å². The molecule has 3 aromatic heterocycles. The quantitative estimate of drug-likeness (QED) is 0.521. The molecule has 1 aliphatic rings. The summed E-state index contributed by atoms with van der Waals surface area (Å²) in [6.07, 6.45) is 3.42. The Morgan fingerprint density at radius 3 is 2.59 bits per heavy atom. The van der Waals surface area contributed by atoms with Crippen LogP contribution in [0, 0.1) is 6.92 Å². The molecule has 0 bridgehead atoms. The Morgan fingerprint density at radius 2 is 1.84 bits per heavy atom. The van der Waals surface area contributed by atoms with E-state index >= 15 is 0 Å². The number of amides is 1. The molecule has 1 amide bonds. The van der Waals surface area contributed by atoms with Crippen molar-refractivity contribution in [2.75, 3.05) is 42.9 Å². The second-order valence-corrected chi connectivity index (χ2v) is 7.73. The number of carbonyl (C=O) groups excluding carboxylic acids is 1. The molecule has 0 radical (unpaired) electrons. The molecule has 32 heavy (non-hydrogen) atoms. The fourth-order valence-electron chi connectivity index (χ4n) is 3.86. The summed E-state index contributed by atoms with van der Waals surface area (Å²) in [5, 5.41) is 7.80. The predicted octanol–water partition coefficient (Wildman–Crippen LogP) is 2.26. The molecular formula is C23H24N8O. The summed E-state index contributed by atoms with van der Waals surface area (Å²) >= 11 is 0. The number of carbonyl (C=O) groups is 1. The first-order valence-electron chi connectivity index (χ1n) is 10.6. The van der Waals surface area contributed by atoms with Crippen LogP contribution in [0.5, 0.6) is 0 Å². The van der Waals surface area contributed by atoms with Gasteiger partial charge in [0.15, 0.2) is 5.82 Å². The number of aryl methyl sites for hydroxylation is 1. The number of nitrogens with zero attached hydrogens (tertiary/aromatic N) is 7. The number of hydrogen-bond acceptors (Lipinski definition) is 7. The maximum Gasteiger partial charge on any atom is 0.254 e. The minimum Gasteiger partial charge on any atom is -0.368 e.